The van der Waals surface area contributed by atoms with Crippen LogP contribution in [0, 0.1) is 11.3 Å². The third-order valence-corrected chi connectivity index (χ3v) is 2.06. The largest absolute Gasteiger partial charge is 0.453 e. The van der Waals surface area contributed by atoms with Crippen LogP contribution in [0.2, 0.25) is 0 Å². The quantitative estimate of drug-likeness (QED) is 0.422. The monoisotopic (exact) mass is 197 g/mol. The maximum absolute atomic E-state index is 11.5. The van der Waals surface area contributed by atoms with Gasteiger partial charge >= 0.3 is 0 Å². The Labute approximate surface area is 86.2 Å². The van der Waals surface area contributed by atoms with Gasteiger partial charge in [0.2, 0.25) is 5.78 Å². The number of furan rings is 1. The smallest absolute Gasteiger partial charge is 0.238 e. The van der Waals surface area contributed by atoms with Gasteiger partial charge in [-0.25, -0.2) is 0 Å². The average molecular weight is 197 g/mol. The number of carbonyl (C=O) groups is 1. The van der Waals surface area contributed by atoms with Crippen LogP contribution in [0.4, 0.5) is 0 Å². The number of para-hydroxylation sites is 1. The molecule has 1 aromatic heterocycles. The Bertz CT molecular complexity index is 554. The number of hydrogen-bond acceptors (Lipinski definition) is 3. The molecule has 0 saturated heterocycles. The second-order valence-electron chi connectivity index (χ2n) is 3.07. The molecule has 0 radical (unpaired) electrons. The van der Waals surface area contributed by atoms with Crippen LogP contribution in [-0.2, 0) is 0 Å². The van der Waals surface area contributed by atoms with E-state index in [1.54, 1.807) is 18.2 Å². The molecular formula is C12H7NO2. The fourth-order valence-electron chi connectivity index (χ4n) is 1.29. The predicted octanol–water partition coefficient (Wildman–Crippen LogP) is 2.70. The van der Waals surface area contributed by atoms with Gasteiger partial charge in [-0.3, -0.25) is 4.79 Å². The lowest BCUT2D eigenvalue weighted by Crippen LogP contribution is -1.97. The van der Waals surface area contributed by atoms with Gasteiger partial charge in [-0.2, -0.15) is 5.26 Å². The molecule has 2 aromatic rings. The number of carbonyl (C=O) groups excluding carboxylic acids is 1. The van der Waals surface area contributed by atoms with Crippen LogP contribution in [0.15, 0.2) is 46.9 Å². The molecule has 0 N–H and O–H groups in total. The highest BCUT2D eigenvalue weighted by molar-refractivity contribution is 6.10. The lowest BCUT2D eigenvalue weighted by atomic mass is 10.1. The van der Waals surface area contributed by atoms with Gasteiger partial charge in [0.1, 0.15) is 11.7 Å². The minimum Gasteiger partial charge on any atom is -0.453 e. The second kappa shape index (κ2) is 3.43. The second-order valence-corrected chi connectivity index (χ2v) is 3.07. The van der Waals surface area contributed by atoms with E-state index < -0.39 is 5.78 Å². The van der Waals surface area contributed by atoms with E-state index in [1.165, 1.54) is 0 Å². The fraction of sp³-hybridized carbons (Fsp3) is 0. The van der Waals surface area contributed by atoms with E-state index in [-0.39, 0.29) is 11.3 Å². The molecule has 3 nitrogen and oxygen atoms in total. The normalized spacial score (nSPS) is 9.80. The lowest BCUT2D eigenvalue weighted by molar-refractivity contribution is 0.101. The van der Waals surface area contributed by atoms with E-state index in [0.717, 1.165) is 5.39 Å². The number of rotatable bonds is 2. The van der Waals surface area contributed by atoms with Crippen LogP contribution >= 0.6 is 0 Å². The highest BCUT2D eigenvalue weighted by atomic mass is 16.3. The maximum Gasteiger partial charge on any atom is 0.238 e. The first-order valence-corrected chi connectivity index (χ1v) is 4.34. The zero-order chi connectivity index (χ0) is 10.8. The molecule has 15 heavy (non-hydrogen) atoms. The van der Waals surface area contributed by atoms with Crippen molar-refractivity contribution in [3.8, 4) is 6.07 Å². The van der Waals surface area contributed by atoms with E-state index in [4.69, 9.17) is 9.68 Å². The van der Waals surface area contributed by atoms with E-state index in [9.17, 15) is 4.79 Å². The molecule has 0 aliphatic heterocycles. The van der Waals surface area contributed by atoms with Crippen LogP contribution < -0.4 is 0 Å². The lowest BCUT2D eigenvalue weighted by Gasteiger charge is -1.89. The first-order chi connectivity index (χ1) is 7.22. The van der Waals surface area contributed by atoms with Gasteiger partial charge in [-0.1, -0.05) is 24.8 Å². The standard InChI is InChI=1S/C12H7NO2/c1-8(7-13)12(14)11-6-9-4-2-3-5-10(9)15-11/h2-6H,1H2. The van der Waals surface area contributed by atoms with E-state index in [0.29, 0.717) is 5.58 Å². The van der Waals surface area contributed by atoms with Gasteiger partial charge in [0.25, 0.3) is 0 Å². The average Bonchev–Trinajstić information content (AvgIpc) is 2.70. The van der Waals surface area contributed by atoms with Gasteiger partial charge in [-0.15, -0.1) is 0 Å². The van der Waals surface area contributed by atoms with Crippen LogP contribution in [-0.4, -0.2) is 5.78 Å². The van der Waals surface area contributed by atoms with Crippen LogP contribution in [0.25, 0.3) is 11.0 Å². The molecule has 1 aromatic carbocycles. The summed E-state index contributed by atoms with van der Waals surface area (Å²) in [6.45, 7) is 3.35. The highest BCUT2D eigenvalue weighted by Gasteiger charge is 2.14. The van der Waals surface area contributed by atoms with Gasteiger partial charge in [0.15, 0.2) is 5.76 Å². The predicted molar refractivity (Wildman–Crippen MR) is 55.3 cm³/mol. The van der Waals surface area contributed by atoms with E-state index in [2.05, 4.69) is 6.58 Å². The van der Waals surface area contributed by atoms with Crippen LogP contribution in [0.3, 0.4) is 0 Å². The first kappa shape index (κ1) is 9.22. The summed E-state index contributed by atoms with van der Waals surface area (Å²) in [6.07, 6.45) is 0. The molecule has 0 saturated carbocycles. The topological polar surface area (TPSA) is 54.0 Å². The van der Waals surface area contributed by atoms with Gasteiger partial charge in [0.05, 0.1) is 5.57 Å². The number of benzene rings is 1. The Balaban J connectivity index is 2.51. The van der Waals surface area contributed by atoms with Crippen molar-refractivity contribution in [2.24, 2.45) is 0 Å². The molecule has 0 aliphatic carbocycles. The molecule has 0 fully saturated rings. The zero-order valence-corrected chi connectivity index (χ0v) is 7.86. The summed E-state index contributed by atoms with van der Waals surface area (Å²) in [7, 11) is 0. The Morgan fingerprint density at radius 2 is 2.13 bits per heavy atom. The molecule has 0 spiro atoms. The molecule has 3 heteroatoms. The Morgan fingerprint density at radius 1 is 1.40 bits per heavy atom. The Kier molecular flexibility index (Phi) is 2.11. The summed E-state index contributed by atoms with van der Waals surface area (Å²) in [5.41, 5.74) is 0.514. The molecule has 72 valence electrons. The molecule has 0 amide bonds. The van der Waals surface area contributed by atoms with Gasteiger partial charge < -0.3 is 4.42 Å². The van der Waals surface area contributed by atoms with Crippen molar-refractivity contribution >= 4 is 16.8 Å². The summed E-state index contributed by atoms with van der Waals surface area (Å²) < 4.78 is 5.29. The number of fused-ring (bicyclic) bond motifs is 1. The molecule has 0 atom stereocenters. The molecule has 1 heterocycles. The van der Waals surface area contributed by atoms with Crippen molar-refractivity contribution in [1.29, 1.82) is 5.26 Å². The van der Waals surface area contributed by atoms with Crippen LogP contribution in [0.1, 0.15) is 10.6 Å². The number of Topliss-reactive ketones (excluding diaryl/α,β-unsaturated/α-hetero) is 1. The number of nitrogens with zero attached hydrogens (tertiary/aromatic N) is 1. The minimum atomic E-state index is -0.464. The zero-order valence-electron chi connectivity index (χ0n) is 7.86. The Morgan fingerprint density at radius 3 is 2.80 bits per heavy atom. The van der Waals surface area contributed by atoms with E-state index >= 15 is 0 Å². The fourth-order valence-corrected chi connectivity index (χ4v) is 1.29. The third kappa shape index (κ3) is 1.53. The first-order valence-electron chi connectivity index (χ1n) is 4.34. The van der Waals surface area contributed by atoms with Gasteiger partial charge in [-0.05, 0) is 12.1 Å². The van der Waals surface area contributed by atoms with Crippen molar-refractivity contribution in [2.45, 2.75) is 0 Å². The molecule has 0 unspecified atom stereocenters. The van der Waals surface area contributed by atoms with Crippen molar-refractivity contribution in [1.82, 2.24) is 0 Å². The summed E-state index contributed by atoms with van der Waals surface area (Å²) in [5.74, 6) is -0.309. The maximum atomic E-state index is 11.5. The van der Waals surface area contributed by atoms with Crippen molar-refractivity contribution < 1.29 is 9.21 Å². The molecule has 0 aliphatic rings. The number of allylic oxidation sites excluding steroid dienone is 1. The molecule has 2 rings (SSSR count). The van der Waals surface area contributed by atoms with Crippen molar-refractivity contribution in [2.75, 3.05) is 0 Å². The SMILES string of the molecule is C=C(C#N)C(=O)c1cc2ccccc2o1. The summed E-state index contributed by atoms with van der Waals surface area (Å²) in [4.78, 5) is 11.5. The molecule has 0 bridgehead atoms. The summed E-state index contributed by atoms with van der Waals surface area (Å²) in [6, 6.07) is 10.6. The summed E-state index contributed by atoms with van der Waals surface area (Å²) >= 11 is 0. The number of nitriles is 1. The van der Waals surface area contributed by atoms with Crippen molar-refractivity contribution in [3.63, 3.8) is 0 Å². The number of hydrogen-bond donors (Lipinski definition) is 0. The van der Waals surface area contributed by atoms with Gasteiger partial charge in [0, 0.05) is 5.39 Å². The number of ketones is 1. The summed E-state index contributed by atoms with van der Waals surface area (Å²) in [5, 5.41) is 9.37. The van der Waals surface area contributed by atoms with E-state index in [1.807, 2.05) is 18.2 Å². The Hall–Kier alpha value is -2.34. The molecular weight excluding hydrogens is 190 g/mol. The van der Waals surface area contributed by atoms with Crippen LogP contribution in [0.5, 0.6) is 0 Å². The van der Waals surface area contributed by atoms with Crippen molar-refractivity contribution in [3.05, 3.63) is 48.2 Å². The third-order valence-electron chi connectivity index (χ3n) is 2.06. The highest BCUT2D eigenvalue weighted by Crippen LogP contribution is 2.20. The minimum absolute atomic E-state index is 0.117.